The van der Waals surface area contributed by atoms with Gasteiger partial charge in [-0.1, -0.05) is 0 Å². The van der Waals surface area contributed by atoms with E-state index in [-0.39, 0.29) is 23.6 Å². The van der Waals surface area contributed by atoms with Crippen LogP contribution >= 0.6 is 0 Å². The first-order chi connectivity index (χ1) is 17.1. The maximum atomic E-state index is 13.4. The summed E-state index contributed by atoms with van der Waals surface area (Å²) in [5, 5.41) is 22.4. The average molecular weight is 476 g/mol. The van der Waals surface area contributed by atoms with Crippen LogP contribution in [0.5, 0.6) is 0 Å². The third kappa shape index (κ3) is 4.83. The standard InChI is InChI=1S/C24H29N9O2/c1-26-21-13-20(30-22-18(14-27-33(21)22)23(34)28-16-7-8-16)29-19-6-3-12-32(24(19)35)17-5-2-10-31(15-17)11-4-9-25/h3,6,12-14,16-17,26H,2,4-5,7-8,10-11,15H2,1H3,(H,28,34)(H,29,30)/t17-/m1/s1. The molecule has 11 heteroatoms. The van der Waals surface area contributed by atoms with Gasteiger partial charge in [-0.3, -0.25) is 9.59 Å². The molecule has 0 spiro atoms. The van der Waals surface area contributed by atoms with Gasteiger partial charge in [0.2, 0.25) is 0 Å². The van der Waals surface area contributed by atoms with Crippen molar-refractivity contribution in [1.29, 1.82) is 5.26 Å². The first kappa shape index (κ1) is 22.9. The SMILES string of the molecule is CNc1cc(Nc2cccn([C@@H]3CCCN(CCC#N)C3)c2=O)nc2c(C(=O)NC3CC3)cnn12. The van der Waals surface area contributed by atoms with Crippen LogP contribution in [0, 0.1) is 11.3 Å². The summed E-state index contributed by atoms with van der Waals surface area (Å²) in [6.07, 6.45) is 7.70. The molecule has 3 N–H and O–H groups in total. The van der Waals surface area contributed by atoms with E-state index in [0.717, 1.165) is 45.3 Å². The molecule has 35 heavy (non-hydrogen) atoms. The molecule has 0 radical (unpaired) electrons. The highest BCUT2D eigenvalue weighted by atomic mass is 16.2. The fraction of sp³-hybridized carbons (Fsp3) is 0.458. The van der Waals surface area contributed by atoms with Gasteiger partial charge in [-0.2, -0.15) is 14.9 Å². The number of aromatic nitrogens is 4. The zero-order valence-corrected chi connectivity index (χ0v) is 19.7. The number of pyridine rings is 1. The summed E-state index contributed by atoms with van der Waals surface area (Å²) in [5.41, 5.74) is 1.08. The Bertz CT molecular complexity index is 1330. The minimum Gasteiger partial charge on any atom is -0.373 e. The van der Waals surface area contributed by atoms with Crippen LogP contribution in [0.1, 0.15) is 48.5 Å². The lowest BCUT2D eigenvalue weighted by atomic mass is 10.0. The molecule has 4 heterocycles. The monoisotopic (exact) mass is 475 g/mol. The molecule has 1 aliphatic carbocycles. The summed E-state index contributed by atoms with van der Waals surface area (Å²) in [6.45, 7) is 2.41. The van der Waals surface area contributed by atoms with E-state index in [2.05, 4.69) is 37.0 Å². The highest BCUT2D eigenvalue weighted by Gasteiger charge is 2.26. The van der Waals surface area contributed by atoms with Crippen LogP contribution in [0.2, 0.25) is 0 Å². The Morgan fingerprint density at radius 2 is 2.17 bits per heavy atom. The Hall–Kier alpha value is -3.91. The Labute approximate surface area is 202 Å². The van der Waals surface area contributed by atoms with Gasteiger partial charge in [0.1, 0.15) is 22.9 Å². The molecule has 11 nitrogen and oxygen atoms in total. The van der Waals surface area contributed by atoms with E-state index in [9.17, 15) is 9.59 Å². The van der Waals surface area contributed by atoms with Crippen molar-refractivity contribution in [3.63, 3.8) is 0 Å². The first-order valence-corrected chi connectivity index (χ1v) is 12.0. The molecule has 0 bridgehead atoms. The lowest BCUT2D eigenvalue weighted by Crippen LogP contribution is -2.40. The third-order valence-electron chi connectivity index (χ3n) is 6.54. The molecule has 182 valence electrons. The summed E-state index contributed by atoms with van der Waals surface area (Å²) in [6, 6.07) is 7.81. The molecule has 3 aromatic rings. The Morgan fingerprint density at radius 3 is 2.94 bits per heavy atom. The van der Waals surface area contributed by atoms with Crippen molar-refractivity contribution in [2.45, 2.75) is 44.2 Å². The van der Waals surface area contributed by atoms with E-state index in [0.29, 0.717) is 35.0 Å². The van der Waals surface area contributed by atoms with Gasteiger partial charge in [0.15, 0.2) is 5.65 Å². The van der Waals surface area contributed by atoms with Crippen molar-refractivity contribution < 1.29 is 4.79 Å². The van der Waals surface area contributed by atoms with Gasteiger partial charge in [0.25, 0.3) is 11.5 Å². The number of carbonyl (C=O) groups excluding carboxylic acids is 1. The number of rotatable bonds is 8. The van der Waals surface area contributed by atoms with Gasteiger partial charge in [0.05, 0.1) is 12.3 Å². The largest absolute Gasteiger partial charge is 0.373 e. The van der Waals surface area contributed by atoms with Crippen LogP contribution in [-0.4, -0.2) is 62.7 Å². The topological polar surface area (TPSA) is 132 Å². The second-order valence-corrected chi connectivity index (χ2v) is 9.08. The lowest BCUT2D eigenvalue weighted by Gasteiger charge is -2.33. The van der Waals surface area contributed by atoms with Crippen LogP contribution in [0.4, 0.5) is 17.3 Å². The van der Waals surface area contributed by atoms with E-state index in [4.69, 9.17) is 5.26 Å². The number of piperidine rings is 1. The van der Waals surface area contributed by atoms with Gasteiger partial charge in [-0.25, -0.2) is 4.98 Å². The van der Waals surface area contributed by atoms with Gasteiger partial charge in [0, 0.05) is 50.9 Å². The third-order valence-corrected chi connectivity index (χ3v) is 6.54. The summed E-state index contributed by atoms with van der Waals surface area (Å²) in [7, 11) is 1.76. The highest BCUT2D eigenvalue weighted by molar-refractivity contribution is 6.00. The number of carbonyl (C=O) groups is 1. The number of amides is 1. The van der Waals surface area contributed by atoms with E-state index in [1.54, 1.807) is 28.3 Å². The zero-order valence-electron chi connectivity index (χ0n) is 19.7. The van der Waals surface area contributed by atoms with E-state index < -0.39 is 0 Å². The number of fused-ring (bicyclic) bond motifs is 1. The first-order valence-electron chi connectivity index (χ1n) is 12.0. The van der Waals surface area contributed by atoms with Crippen LogP contribution in [0.25, 0.3) is 5.65 Å². The fourth-order valence-corrected chi connectivity index (χ4v) is 4.56. The number of hydrogen-bond donors (Lipinski definition) is 3. The molecule has 5 rings (SSSR count). The van der Waals surface area contributed by atoms with E-state index in [1.807, 2.05) is 12.3 Å². The second kappa shape index (κ2) is 9.76. The second-order valence-electron chi connectivity index (χ2n) is 9.08. The van der Waals surface area contributed by atoms with Crippen molar-refractivity contribution >= 4 is 28.9 Å². The molecule has 1 atom stereocenters. The Morgan fingerprint density at radius 1 is 1.31 bits per heavy atom. The van der Waals surface area contributed by atoms with E-state index in [1.165, 1.54) is 6.20 Å². The van der Waals surface area contributed by atoms with Crippen LogP contribution < -0.4 is 21.5 Å². The summed E-state index contributed by atoms with van der Waals surface area (Å²) < 4.78 is 3.35. The average Bonchev–Trinajstić information content (AvgIpc) is 3.58. The van der Waals surface area contributed by atoms with Crippen molar-refractivity contribution in [3.05, 3.63) is 46.5 Å². The maximum absolute atomic E-state index is 13.4. The number of nitriles is 1. The minimum atomic E-state index is -0.200. The molecule has 3 aromatic heterocycles. The summed E-state index contributed by atoms with van der Waals surface area (Å²) in [4.78, 5) is 32.9. The number of hydrogen-bond acceptors (Lipinski definition) is 8. The zero-order chi connectivity index (χ0) is 24.4. The number of nitrogens with one attached hydrogen (secondary N) is 3. The molecule has 0 aromatic carbocycles. The van der Waals surface area contributed by atoms with Crippen LogP contribution in [-0.2, 0) is 0 Å². The summed E-state index contributed by atoms with van der Waals surface area (Å²) >= 11 is 0. The van der Waals surface area contributed by atoms with Gasteiger partial charge in [-0.05, 0) is 44.4 Å². The molecule has 1 aliphatic heterocycles. The molecule has 1 saturated heterocycles. The normalized spacial score (nSPS) is 18.2. The van der Waals surface area contributed by atoms with Gasteiger partial charge < -0.3 is 25.4 Å². The predicted molar refractivity (Wildman–Crippen MR) is 132 cm³/mol. The number of nitrogens with zero attached hydrogens (tertiary/aromatic N) is 6. The molecule has 2 fully saturated rings. The number of anilines is 3. The summed E-state index contributed by atoms with van der Waals surface area (Å²) in [5.74, 6) is 0.881. The minimum absolute atomic E-state index is 0.0487. The molecular formula is C24H29N9O2. The van der Waals surface area contributed by atoms with Gasteiger partial charge in [-0.15, -0.1) is 0 Å². The molecule has 1 saturated carbocycles. The van der Waals surface area contributed by atoms with Crippen LogP contribution in [0.3, 0.4) is 0 Å². The lowest BCUT2D eigenvalue weighted by molar-refractivity contribution is 0.0952. The molecule has 1 amide bonds. The van der Waals surface area contributed by atoms with E-state index >= 15 is 0 Å². The highest BCUT2D eigenvalue weighted by Crippen LogP contribution is 2.24. The molecule has 2 aliphatic rings. The molecule has 0 unspecified atom stereocenters. The van der Waals surface area contributed by atoms with Crippen molar-refractivity contribution in [3.8, 4) is 6.07 Å². The smallest absolute Gasteiger partial charge is 0.274 e. The predicted octanol–water partition coefficient (Wildman–Crippen LogP) is 2.12. The Balaban J connectivity index is 1.42. The van der Waals surface area contributed by atoms with Crippen LogP contribution in [0.15, 0.2) is 35.4 Å². The molecular weight excluding hydrogens is 446 g/mol. The van der Waals surface area contributed by atoms with Crippen molar-refractivity contribution in [2.24, 2.45) is 0 Å². The van der Waals surface area contributed by atoms with Crippen molar-refractivity contribution in [2.75, 3.05) is 37.3 Å². The number of likely N-dealkylation sites (tertiary alicyclic amines) is 1. The van der Waals surface area contributed by atoms with Gasteiger partial charge >= 0.3 is 0 Å². The fourth-order valence-electron chi connectivity index (χ4n) is 4.56. The Kier molecular flexibility index (Phi) is 6.37. The quantitative estimate of drug-likeness (QED) is 0.451. The van der Waals surface area contributed by atoms with Crippen molar-refractivity contribution in [1.82, 2.24) is 29.4 Å². The maximum Gasteiger partial charge on any atom is 0.274 e.